The van der Waals surface area contributed by atoms with Gasteiger partial charge in [0.15, 0.2) is 0 Å². The summed E-state index contributed by atoms with van der Waals surface area (Å²) in [7, 11) is -1.42. The minimum absolute atomic E-state index is 0.326. The lowest BCUT2D eigenvalue weighted by Gasteiger charge is -2.26. The largest absolute Gasteiger partial charge is 0.497 e. The predicted octanol–water partition coefficient (Wildman–Crippen LogP) is 0.615. The van der Waals surface area contributed by atoms with Crippen molar-refractivity contribution in [3.63, 3.8) is 0 Å². The number of aliphatic hydroxyl groups is 1. The van der Waals surface area contributed by atoms with Crippen molar-refractivity contribution in [3.8, 4) is 0 Å². The molecule has 0 saturated carbocycles. The van der Waals surface area contributed by atoms with Gasteiger partial charge < -0.3 is 18.4 Å². The number of rotatable bonds is 8. The van der Waals surface area contributed by atoms with Crippen molar-refractivity contribution in [2.75, 3.05) is 26.9 Å². The van der Waals surface area contributed by atoms with Crippen LogP contribution >= 0.6 is 15.9 Å². The van der Waals surface area contributed by atoms with Crippen LogP contribution in [0, 0.1) is 10.1 Å². The summed E-state index contributed by atoms with van der Waals surface area (Å²) in [4.78, 5) is 10.0. The van der Waals surface area contributed by atoms with Crippen molar-refractivity contribution in [2.45, 2.75) is 17.9 Å². The molecule has 0 aliphatic heterocycles. The number of hydrogen-bond donors (Lipinski definition) is 1. The van der Waals surface area contributed by atoms with Gasteiger partial charge in [-0.3, -0.25) is 10.1 Å². The standard InChI is InChI=1S/C7H16BrNO6Si/c1-4-14-16(3,13-2)15-6-7(8,5-10)9(11)12/h10H,4-6H2,1-3H3. The fourth-order valence-corrected chi connectivity index (χ4v) is 2.49. The first kappa shape index (κ1) is 15.9. The Hall–Kier alpha value is -0.0631. The summed E-state index contributed by atoms with van der Waals surface area (Å²) >= 11 is 2.82. The first-order valence-corrected chi connectivity index (χ1v) is 7.62. The minimum atomic E-state index is -2.84. The van der Waals surface area contributed by atoms with Gasteiger partial charge in [0.25, 0.3) is 0 Å². The zero-order chi connectivity index (χ0) is 12.8. The minimum Gasteiger partial charge on any atom is -0.388 e. The third-order valence-corrected chi connectivity index (χ3v) is 4.89. The summed E-state index contributed by atoms with van der Waals surface area (Å²) in [5, 5.41) is 19.6. The Balaban J connectivity index is 4.45. The van der Waals surface area contributed by atoms with Gasteiger partial charge in [0, 0.05) is 41.1 Å². The highest BCUT2D eigenvalue weighted by Gasteiger charge is 2.44. The molecule has 7 nitrogen and oxygen atoms in total. The van der Waals surface area contributed by atoms with Gasteiger partial charge in [0.2, 0.25) is 0 Å². The van der Waals surface area contributed by atoms with E-state index in [0.717, 1.165) is 0 Å². The molecule has 0 saturated heterocycles. The zero-order valence-electron chi connectivity index (χ0n) is 9.43. The molecule has 0 fully saturated rings. The Kier molecular flexibility index (Phi) is 6.59. The maximum absolute atomic E-state index is 10.7. The van der Waals surface area contributed by atoms with Crippen molar-refractivity contribution < 1.29 is 23.3 Å². The normalized spacial score (nSPS) is 18.8. The Morgan fingerprint density at radius 3 is 2.44 bits per heavy atom. The van der Waals surface area contributed by atoms with Crippen LogP contribution in [0.4, 0.5) is 0 Å². The van der Waals surface area contributed by atoms with Crippen molar-refractivity contribution in [1.82, 2.24) is 0 Å². The van der Waals surface area contributed by atoms with E-state index in [2.05, 4.69) is 15.9 Å². The lowest BCUT2D eigenvalue weighted by atomic mass is 10.4. The zero-order valence-corrected chi connectivity index (χ0v) is 12.0. The van der Waals surface area contributed by atoms with E-state index in [-0.39, 0.29) is 6.61 Å². The fourth-order valence-electron chi connectivity index (χ4n) is 0.819. The maximum atomic E-state index is 10.7. The van der Waals surface area contributed by atoms with E-state index < -0.39 is 24.8 Å². The van der Waals surface area contributed by atoms with Gasteiger partial charge in [0.05, 0.1) is 0 Å². The molecule has 96 valence electrons. The van der Waals surface area contributed by atoms with Gasteiger partial charge in [0.1, 0.15) is 13.2 Å². The molecule has 0 amide bonds. The van der Waals surface area contributed by atoms with Crippen LogP contribution in [-0.2, 0) is 13.3 Å². The van der Waals surface area contributed by atoms with Gasteiger partial charge in [-0.05, 0) is 6.92 Å². The van der Waals surface area contributed by atoms with Crippen molar-refractivity contribution >= 4 is 24.7 Å². The first-order valence-electron chi connectivity index (χ1n) is 4.61. The second-order valence-electron chi connectivity index (χ2n) is 3.12. The Bertz CT molecular complexity index is 245. The molecular formula is C7H16BrNO6Si. The van der Waals surface area contributed by atoms with E-state index in [0.29, 0.717) is 6.61 Å². The van der Waals surface area contributed by atoms with Gasteiger partial charge in [-0.1, -0.05) is 0 Å². The van der Waals surface area contributed by atoms with Gasteiger partial charge in [-0.25, -0.2) is 0 Å². The lowest BCUT2D eigenvalue weighted by Crippen LogP contribution is -2.48. The first-order chi connectivity index (χ1) is 7.33. The highest BCUT2D eigenvalue weighted by molar-refractivity contribution is 9.10. The van der Waals surface area contributed by atoms with Crippen molar-refractivity contribution in [1.29, 1.82) is 0 Å². The van der Waals surface area contributed by atoms with E-state index in [4.69, 9.17) is 18.4 Å². The highest BCUT2D eigenvalue weighted by Crippen LogP contribution is 2.21. The molecule has 0 heterocycles. The second-order valence-corrected chi connectivity index (χ2v) is 7.31. The SMILES string of the molecule is CCO[Si](C)(OC)OCC(Br)(CO)[N+](=O)[O-]. The van der Waals surface area contributed by atoms with Crippen LogP contribution in [0.1, 0.15) is 6.92 Å². The molecule has 0 rings (SSSR count). The second kappa shape index (κ2) is 6.62. The van der Waals surface area contributed by atoms with Gasteiger partial charge >= 0.3 is 13.3 Å². The van der Waals surface area contributed by atoms with Crippen LogP contribution in [0.2, 0.25) is 6.55 Å². The number of alkyl halides is 1. The molecule has 0 aromatic rings. The summed E-state index contributed by atoms with van der Waals surface area (Å²) in [6.45, 7) is 2.78. The molecule has 0 aromatic carbocycles. The van der Waals surface area contributed by atoms with Crippen LogP contribution in [0.25, 0.3) is 0 Å². The summed E-state index contributed by atoms with van der Waals surface area (Å²) in [5.74, 6) is 0. The molecule has 0 bridgehead atoms. The van der Waals surface area contributed by atoms with Crippen molar-refractivity contribution in [3.05, 3.63) is 10.1 Å². The molecule has 9 heteroatoms. The number of halogens is 1. The monoisotopic (exact) mass is 317 g/mol. The molecule has 1 N–H and O–H groups in total. The number of nitrogens with zero attached hydrogens (tertiary/aromatic N) is 1. The Labute approximate surface area is 103 Å². The topological polar surface area (TPSA) is 91.1 Å². The number of aliphatic hydroxyl groups excluding tert-OH is 1. The summed E-state index contributed by atoms with van der Waals surface area (Å²) in [6.07, 6.45) is 0. The van der Waals surface area contributed by atoms with Crippen LogP contribution in [0.5, 0.6) is 0 Å². The van der Waals surface area contributed by atoms with E-state index in [1.807, 2.05) is 0 Å². The molecule has 0 radical (unpaired) electrons. The average Bonchev–Trinajstić information content (AvgIpc) is 2.26. The van der Waals surface area contributed by atoms with Crippen LogP contribution in [0.15, 0.2) is 0 Å². The van der Waals surface area contributed by atoms with Crippen LogP contribution in [0.3, 0.4) is 0 Å². The molecule has 0 aromatic heterocycles. The highest BCUT2D eigenvalue weighted by atomic mass is 79.9. The van der Waals surface area contributed by atoms with E-state index in [1.54, 1.807) is 13.5 Å². The maximum Gasteiger partial charge on any atom is 0.497 e. The number of hydrogen-bond acceptors (Lipinski definition) is 6. The van der Waals surface area contributed by atoms with Crippen molar-refractivity contribution in [2.24, 2.45) is 0 Å². The fraction of sp³-hybridized carbons (Fsp3) is 1.00. The molecule has 2 atom stereocenters. The molecule has 0 spiro atoms. The molecule has 0 aliphatic carbocycles. The van der Waals surface area contributed by atoms with E-state index in [9.17, 15) is 10.1 Å². The third-order valence-electron chi connectivity index (χ3n) is 1.90. The smallest absolute Gasteiger partial charge is 0.388 e. The Morgan fingerprint density at radius 1 is 1.56 bits per heavy atom. The molecule has 16 heavy (non-hydrogen) atoms. The number of nitro groups is 1. The van der Waals surface area contributed by atoms with Gasteiger partial charge in [-0.15, -0.1) is 0 Å². The Morgan fingerprint density at radius 2 is 2.12 bits per heavy atom. The summed E-state index contributed by atoms with van der Waals surface area (Å²) in [6, 6.07) is 0. The lowest BCUT2D eigenvalue weighted by molar-refractivity contribution is -0.541. The molecule has 0 aliphatic rings. The predicted molar refractivity (Wildman–Crippen MR) is 61.9 cm³/mol. The summed E-state index contributed by atoms with van der Waals surface area (Å²) < 4.78 is 13.9. The third kappa shape index (κ3) is 4.43. The molecular weight excluding hydrogens is 302 g/mol. The quantitative estimate of drug-likeness (QED) is 0.232. The van der Waals surface area contributed by atoms with E-state index in [1.165, 1.54) is 7.11 Å². The van der Waals surface area contributed by atoms with Gasteiger partial charge in [-0.2, -0.15) is 0 Å². The molecule has 2 unspecified atom stereocenters. The average molecular weight is 318 g/mol. The van der Waals surface area contributed by atoms with Crippen LogP contribution < -0.4 is 0 Å². The van der Waals surface area contributed by atoms with Crippen LogP contribution in [-0.4, -0.2) is 50.2 Å². The summed E-state index contributed by atoms with van der Waals surface area (Å²) in [5.41, 5.74) is 0. The van der Waals surface area contributed by atoms with E-state index >= 15 is 0 Å².